The average Bonchev–Trinajstić information content (AvgIpc) is 2.02. The molecule has 0 aliphatic carbocycles. The molecule has 15 heavy (non-hydrogen) atoms. The first kappa shape index (κ1) is 14.4. The number of phenolic OH excluding ortho intramolecular Hbond substituents is 1. The summed E-state index contributed by atoms with van der Waals surface area (Å²) in [5, 5.41) is 17.5. The van der Waals surface area contributed by atoms with Gasteiger partial charge in [0.2, 0.25) is 5.97 Å². The Morgan fingerprint density at radius 1 is 1.33 bits per heavy atom. The summed E-state index contributed by atoms with van der Waals surface area (Å²) in [6.07, 6.45) is 0. The molecule has 0 spiro atoms. The minimum Gasteiger partial charge on any atom is -0.550 e. The van der Waals surface area contributed by atoms with E-state index < -0.39 is 32.3 Å². The van der Waals surface area contributed by atoms with Crippen LogP contribution in [-0.2, 0) is 10.1 Å². The Labute approximate surface area is 108 Å². The van der Waals surface area contributed by atoms with Crippen LogP contribution in [0.3, 0.4) is 0 Å². The van der Waals surface area contributed by atoms with E-state index in [-0.39, 0.29) is 29.6 Å². The van der Waals surface area contributed by atoms with Crippen LogP contribution < -0.4 is 29.6 Å². The SMILES string of the molecule is O=C(O)c1[c-]c(S(=O)(=O)O)c(O)cc1.[Na+]. The molecule has 8 heteroatoms. The number of hydrogen-bond donors (Lipinski definition) is 3. The fourth-order valence-corrected chi connectivity index (χ4v) is 1.36. The van der Waals surface area contributed by atoms with E-state index in [4.69, 9.17) is 14.8 Å². The number of hydrogen-bond acceptors (Lipinski definition) is 4. The van der Waals surface area contributed by atoms with E-state index >= 15 is 0 Å². The Hall–Kier alpha value is -0.600. The molecule has 0 saturated heterocycles. The van der Waals surface area contributed by atoms with Crippen LogP contribution in [0, 0.1) is 6.07 Å². The molecule has 0 heterocycles. The maximum Gasteiger partial charge on any atom is 1.00 e. The average molecular weight is 240 g/mol. The van der Waals surface area contributed by atoms with Crippen molar-refractivity contribution in [3.8, 4) is 5.75 Å². The first-order valence-corrected chi connectivity index (χ1v) is 4.72. The third kappa shape index (κ3) is 3.47. The van der Waals surface area contributed by atoms with Gasteiger partial charge >= 0.3 is 29.6 Å². The molecule has 0 fully saturated rings. The predicted octanol–water partition coefficient (Wildman–Crippen LogP) is -2.86. The summed E-state index contributed by atoms with van der Waals surface area (Å²) in [5.41, 5.74) is -0.463. The quantitative estimate of drug-likeness (QED) is 0.291. The van der Waals surface area contributed by atoms with Gasteiger partial charge in [-0.15, -0.1) is 18.2 Å². The zero-order valence-corrected chi connectivity index (χ0v) is 10.4. The van der Waals surface area contributed by atoms with E-state index in [1.807, 2.05) is 6.07 Å². The molecular formula is C7H5NaO6S. The number of aromatic hydroxyl groups is 1. The number of benzene rings is 1. The van der Waals surface area contributed by atoms with Crippen LogP contribution in [0.15, 0.2) is 17.0 Å². The summed E-state index contributed by atoms with van der Waals surface area (Å²) < 4.78 is 29.8. The molecule has 0 aliphatic rings. The van der Waals surface area contributed by atoms with Crippen LogP contribution in [0.4, 0.5) is 0 Å². The zero-order valence-electron chi connectivity index (χ0n) is 7.63. The van der Waals surface area contributed by atoms with Gasteiger partial charge in [0.25, 0.3) is 10.1 Å². The van der Waals surface area contributed by atoms with Gasteiger partial charge < -0.3 is 15.0 Å². The Morgan fingerprint density at radius 3 is 2.27 bits per heavy atom. The minimum atomic E-state index is -4.66. The van der Waals surface area contributed by atoms with Gasteiger partial charge in [0.1, 0.15) is 0 Å². The molecule has 0 atom stereocenters. The Balaban J connectivity index is 0.00000196. The van der Waals surface area contributed by atoms with Crippen molar-refractivity contribution in [3.63, 3.8) is 0 Å². The van der Waals surface area contributed by atoms with Gasteiger partial charge in [0, 0.05) is 0 Å². The molecule has 0 bridgehead atoms. The van der Waals surface area contributed by atoms with E-state index in [0.29, 0.717) is 0 Å². The predicted molar refractivity (Wildman–Crippen MR) is 43.7 cm³/mol. The van der Waals surface area contributed by atoms with Crippen LogP contribution in [-0.4, -0.2) is 29.2 Å². The summed E-state index contributed by atoms with van der Waals surface area (Å²) >= 11 is 0. The van der Waals surface area contributed by atoms with Gasteiger partial charge in [-0.3, -0.25) is 4.55 Å². The van der Waals surface area contributed by atoms with E-state index in [0.717, 1.165) is 12.1 Å². The van der Waals surface area contributed by atoms with Crippen molar-refractivity contribution >= 4 is 16.1 Å². The molecular weight excluding hydrogens is 235 g/mol. The molecule has 1 rings (SSSR count). The van der Waals surface area contributed by atoms with Crippen molar-refractivity contribution < 1.29 is 57.5 Å². The van der Waals surface area contributed by atoms with Gasteiger partial charge in [0.05, 0.1) is 10.6 Å². The Morgan fingerprint density at radius 2 is 1.87 bits per heavy atom. The summed E-state index contributed by atoms with van der Waals surface area (Å²) in [4.78, 5) is 9.46. The van der Waals surface area contributed by atoms with Crippen molar-refractivity contribution in [2.45, 2.75) is 4.90 Å². The summed E-state index contributed by atoms with van der Waals surface area (Å²) in [6, 6.07) is 3.68. The first-order chi connectivity index (χ1) is 6.32. The van der Waals surface area contributed by atoms with Gasteiger partial charge in [-0.05, 0) is 0 Å². The first-order valence-electron chi connectivity index (χ1n) is 3.28. The number of phenols is 1. The summed E-state index contributed by atoms with van der Waals surface area (Å²) in [6.45, 7) is 0. The van der Waals surface area contributed by atoms with Crippen molar-refractivity contribution in [1.82, 2.24) is 0 Å². The number of carbonyl (C=O) groups is 1. The third-order valence-electron chi connectivity index (χ3n) is 1.38. The molecule has 0 aromatic heterocycles. The van der Waals surface area contributed by atoms with Gasteiger partial charge in [-0.25, -0.2) is 0 Å². The van der Waals surface area contributed by atoms with Crippen molar-refractivity contribution in [2.75, 3.05) is 0 Å². The number of carboxylic acid groups (broad SMARTS) is 1. The van der Waals surface area contributed by atoms with Crippen LogP contribution in [0.1, 0.15) is 10.4 Å². The summed E-state index contributed by atoms with van der Waals surface area (Å²) in [7, 11) is -4.66. The maximum absolute atomic E-state index is 10.6. The Kier molecular flexibility index (Phi) is 4.75. The van der Waals surface area contributed by atoms with Crippen LogP contribution >= 0.6 is 0 Å². The second-order valence-electron chi connectivity index (χ2n) is 2.37. The second kappa shape index (κ2) is 4.95. The zero-order chi connectivity index (χ0) is 10.9. The van der Waals surface area contributed by atoms with Gasteiger partial charge in [0.15, 0.2) is 0 Å². The van der Waals surface area contributed by atoms with Crippen molar-refractivity contribution in [2.24, 2.45) is 0 Å². The van der Waals surface area contributed by atoms with E-state index in [1.54, 1.807) is 0 Å². The summed E-state index contributed by atoms with van der Waals surface area (Å²) in [5.74, 6) is -2.16. The number of carboxylic acids is 1. The van der Waals surface area contributed by atoms with E-state index in [1.165, 1.54) is 0 Å². The minimum absolute atomic E-state index is 0. The van der Waals surface area contributed by atoms with Gasteiger partial charge in [-0.2, -0.15) is 8.42 Å². The molecule has 0 radical (unpaired) electrons. The van der Waals surface area contributed by atoms with Crippen LogP contribution in [0.2, 0.25) is 0 Å². The fraction of sp³-hybridized carbons (Fsp3) is 0. The molecule has 0 unspecified atom stereocenters. The monoisotopic (exact) mass is 240 g/mol. The third-order valence-corrected chi connectivity index (χ3v) is 2.20. The normalized spacial score (nSPS) is 10.5. The fourth-order valence-electron chi connectivity index (χ4n) is 0.787. The molecule has 6 nitrogen and oxygen atoms in total. The molecule has 0 saturated carbocycles. The largest absolute Gasteiger partial charge is 1.00 e. The van der Waals surface area contributed by atoms with Crippen LogP contribution in [0.25, 0.3) is 0 Å². The maximum atomic E-state index is 10.6. The Bertz CT molecular complexity index is 480. The molecule has 1 aromatic rings. The molecule has 0 aliphatic heterocycles. The standard InChI is InChI=1S/C7H5O6S.Na/c8-5-2-1-4(7(9)10)3-6(5)14(11,12)13;/h1-2,8H,(H,9,10)(H,11,12,13);/q-1;+1. The number of rotatable bonds is 2. The molecule has 1 aromatic carbocycles. The second-order valence-corrected chi connectivity index (χ2v) is 3.72. The topological polar surface area (TPSA) is 112 Å². The molecule has 3 N–H and O–H groups in total. The van der Waals surface area contributed by atoms with E-state index in [9.17, 15) is 13.2 Å². The molecule has 0 amide bonds. The smallest absolute Gasteiger partial charge is 0.550 e. The number of aromatic carboxylic acids is 1. The van der Waals surface area contributed by atoms with Gasteiger partial charge in [-0.1, -0.05) is 5.56 Å². The van der Waals surface area contributed by atoms with Crippen LogP contribution in [0.5, 0.6) is 5.75 Å². The van der Waals surface area contributed by atoms with E-state index in [2.05, 4.69) is 0 Å². The van der Waals surface area contributed by atoms with Crippen molar-refractivity contribution in [1.29, 1.82) is 0 Å². The molecule has 76 valence electrons. The van der Waals surface area contributed by atoms with Crippen molar-refractivity contribution in [3.05, 3.63) is 23.8 Å².